The summed E-state index contributed by atoms with van der Waals surface area (Å²) in [5.74, 6) is 1.15. The molecule has 2 aliphatic heterocycles. The third-order valence-corrected chi connectivity index (χ3v) is 6.70. The van der Waals surface area contributed by atoms with Gasteiger partial charge >= 0.3 is 0 Å². The van der Waals surface area contributed by atoms with Crippen LogP contribution in [0.4, 0.5) is 0 Å². The van der Waals surface area contributed by atoms with Crippen molar-refractivity contribution in [3.8, 4) is 5.75 Å². The number of fused-ring (bicyclic) bond motifs is 1. The van der Waals surface area contributed by atoms with E-state index in [2.05, 4.69) is 34.3 Å². The highest BCUT2D eigenvalue weighted by molar-refractivity contribution is 5.83. The highest BCUT2D eigenvalue weighted by atomic mass is 16.5. The predicted octanol–water partition coefficient (Wildman–Crippen LogP) is 1.72. The summed E-state index contributed by atoms with van der Waals surface area (Å²) in [7, 11) is 3.78. The third-order valence-electron chi connectivity index (χ3n) is 6.70. The predicted molar refractivity (Wildman–Crippen MR) is 117 cm³/mol. The summed E-state index contributed by atoms with van der Waals surface area (Å²) in [5.41, 5.74) is 1.18. The van der Waals surface area contributed by atoms with Crippen molar-refractivity contribution in [3.63, 3.8) is 0 Å². The molecule has 2 fully saturated rings. The minimum atomic E-state index is -0.152. The van der Waals surface area contributed by atoms with E-state index in [4.69, 9.17) is 4.74 Å². The molecule has 1 N–H and O–H groups in total. The average Bonchev–Trinajstić information content (AvgIpc) is 3.13. The molecule has 0 saturated carbocycles. The van der Waals surface area contributed by atoms with Gasteiger partial charge in [0.1, 0.15) is 11.8 Å². The van der Waals surface area contributed by atoms with E-state index >= 15 is 0 Å². The topological polar surface area (TPSA) is 65.1 Å². The lowest BCUT2D eigenvalue weighted by Gasteiger charge is -2.33. The molecule has 7 nitrogen and oxygen atoms in total. The van der Waals surface area contributed by atoms with E-state index in [0.717, 1.165) is 44.8 Å². The molecule has 2 amide bonds. The second kappa shape index (κ2) is 10.3. The van der Waals surface area contributed by atoms with Crippen LogP contribution in [0.15, 0.2) is 24.3 Å². The van der Waals surface area contributed by atoms with Gasteiger partial charge in [0.05, 0.1) is 7.11 Å². The van der Waals surface area contributed by atoms with Gasteiger partial charge in [0.15, 0.2) is 0 Å². The number of nitrogens with one attached hydrogen (secondary N) is 1. The first-order valence-corrected chi connectivity index (χ1v) is 11.1. The van der Waals surface area contributed by atoms with Crippen molar-refractivity contribution in [2.24, 2.45) is 0 Å². The largest absolute Gasteiger partial charge is 0.497 e. The first-order chi connectivity index (χ1) is 14.5. The Labute approximate surface area is 180 Å². The zero-order chi connectivity index (χ0) is 21.7. The molecule has 2 aliphatic rings. The van der Waals surface area contributed by atoms with Crippen molar-refractivity contribution in [2.75, 3.05) is 40.3 Å². The van der Waals surface area contributed by atoms with E-state index in [0.29, 0.717) is 13.0 Å². The second-order valence-corrected chi connectivity index (χ2v) is 8.29. The minimum absolute atomic E-state index is 0.107. The van der Waals surface area contributed by atoms with Crippen molar-refractivity contribution >= 4 is 11.8 Å². The number of likely N-dealkylation sites (N-methyl/N-ethyl adjacent to an activating group) is 1. The van der Waals surface area contributed by atoms with Crippen LogP contribution in [0.25, 0.3) is 0 Å². The number of methoxy groups -OCH3 is 1. The van der Waals surface area contributed by atoms with Crippen LogP contribution in [0, 0.1) is 0 Å². The normalized spacial score (nSPS) is 24.8. The molecule has 2 saturated heterocycles. The van der Waals surface area contributed by atoms with Gasteiger partial charge in [0.2, 0.25) is 11.8 Å². The maximum Gasteiger partial charge on any atom is 0.239 e. The molecular formula is C23H36N4O3. The number of likely N-dealkylation sites (tertiary alicyclic amines) is 1. The van der Waals surface area contributed by atoms with Gasteiger partial charge in [-0.25, -0.2) is 0 Å². The van der Waals surface area contributed by atoms with Gasteiger partial charge in [-0.1, -0.05) is 12.1 Å². The summed E-state index contributed by atoms with van der Waals surface area (Å²) < 4.78 is 5.24. The lowest BCUT2D eigenvalue weighted by Crippen LogP contribution is -2.49. The molecule has 166 valence electrons. The van der Waals surface area contributed by atoms with Gasteiger partial charge in [-0.3, -0.25) is 19.4 Å². The number of hydrogen-bond donors (Lipinski definition) is 1. The molecular weight excluding hydrogens is 380 g/mol. The van der Waals surface area contributed by atoms with Crippen molar-refractivity contribution in [1.82, 2.24) is 20.0 Å². The third kappa shape index (κ3) is 4.95. The molecule has 3 atom stereocenters. The first-order valence-electron chi connectivity index (χ1n) is 11.1. The molecule has 1 aromatic rings. The Morgan fingerprint density at radius 1 is 1.23 bits per heavy atom. The second-order valence-electron chi connectivity index (χ2n) is 8.29. The van der Waals surface area contributed by atoms with Gasteiger partial charge in [0, 0.05) is 51.2 Å². The molecule has 0 aliphatic carbocycles. The van der Waals surface area contributed by atoms with Crippen LogP contribution in [0.3, 0.4) is 0 Å². The van der Waals surface area contributed by atoms with E-state index in [9.17, 15) is 9.59 Å². The van der Waals surface area contributed by atoms with E-state index in [1.165, 1.54) is 5.56 Å². The van der Waals surface area contributed by atoms with Crippen molar-refractivity contribution < 1.29 is 14.3 Å². The zero-order valence-corrected chi connectivity index (χ0v) is 18.8. The summed E-state index contributed by atoms with van der Waals surface area (Å²) in [4.78, 5) is 31.9. The average molecular weight is 417 g/mol. The fourth-order valence-corrected chi connectivity index (χ4v) is 4.82. The lowest BCUT2D eigenvalue weighted by atomic mass is 10.0. The Morgan fingerprint density at radius 2 is 1.93 bits per heavy atom. The molecule has 0 bridgehead atoms. The summed E-state index contributed by atoms with van der Waals surface area (Å²) in [6.07, 6.45) is 2.26. The van der Waals surface area contributed by atoms with E-state index in [-0.39, 0.29) is 29.9 Å². The molecule has 2 heterocycles. The molecule has 0 aromatic heterocycles. The monoisotopic (exact) mass is 416 g/mol. The Morgan fingerprint density at radius 3 is 2.57 bits per heavy atom. The molecule has 7 heteroatoms. The number of benzene rings is 1. The zero-order valence-electron chi connectivity index (χ0n) is 18.8. The van der Waals surface area contributed by atoms with Crippen LogP contribution in [0.2, 0.25) is 0 Å². The van der Waals surface area contributed by atoms with E-state index < -0.39 is 0 Å². The van der Waals surface area contributed by atoms with Crippen LogP contribution >= 0.6 is 0 Å². The lowest BCUT2D eigenvalue weighted by molar-refractivity contribution is -0.131. The highest BCUT2D eigenvalue weighted by Crippen LogP contribution is 2.29. The van der Waals surface area contributed by atoms with Crippen molar-refractivity contribution in [2.45, 2.75) is 57.8 Å². The number of carbonyl (C=O) groups excluding carboxylic acids is 2. The Hall–Kier alpha value is -2.12. The quantitative estimate of drug-likeness (QED) is 0.699. The molecule has 30 heavy (non-hydrogen) atoms. The van der Waals surface area contributed by atoms with Crippen LogP contribution in [0.1, 0.15) is 38.7 Å². The fourth-order valence-electron chi connectivity index (χ4n) is 4.82. The van der Waals surface area contributed by atoms with Gasteiger partial charge in [-0.05, 0) is 51.4 Å². The summed E-state index contributed by atoms with van der Waals surface area (Å²) in [5, 5.41) is 3.14. The van der Waals surface area contributed by atoms with Gasteiger partial charge in [0.25, 0.3) is 0 Å². The molecule has 3 rings (SSSR count). The number of nitrogens with zero attached hydrogens (tertiary/aromatic N) is 3. The molecule has 0 unspecified atom stereocenters. The van der Waals surface area contributed by atoms with Crippen LogP contribution in [0.5, 0.6) is 5.75 Å². The van der Waals surface area contributed by atoms with Crippen LogP contribution < -0.4 is 10.1 Å². The summed E-state index contributed by atoms with van der Waals surface area (Å²) >= 11 is 0. The molecule has 0 radical (unpaired) electrons. The summed E-state index contributed by atoms with van der Waals surface area (Å²) in [6, 6.07) is 8.26. The maximum atomic E-state index is 13.0. The smallest absolute Gasteiger partial charge is 0.239 e. The number of amides is 2. The number of rotatable bonds is 8. The van der Waals surface area contributed by atoms with Crippen LogP contribution in [-0.4, -0.2) is 85.0 Å². The van der Waals surface area contributed by atoms with Gasteiger partial charge in [-0.2, -0.15) is 0 Å². The van der Waals surface area contributed by atoms with E-state index in [1.54, 1.807) is 7.11 Å². The maximum absolute atomic E-state index is 13.0. The minimum Gasteiger partial charge on any atom is -0.497 e. The fraction of sp³-hybridized carbons (Fsp3) is 0.652. The SMILES string of the molecule is CCN(CC)C(=O)CC[C@@H]1CNC(=O)[C@H]2[C@@H](CCN2Cc2ccc(OC)cc2)N1C. The standard InChI is InChI=1S/C23H36N4O3/c1-5-26(6-2)21(28)12-9-18-15-24-23(29)22-20(25(18)3)13-14-27(22)16-17-7-10-19(30-4)11-8-17/h7-8,10-11,18,20,22H,5-6,9,12-16H2,1-4H3,(H,24,29)/t18-,20-,22-/m1/s1. The highest BCUT2D eigenvalue weighted by Gasteiger charge is 2.44. The van der Waals surface area contributed by atoms with Crippen molar-refractivity contribution in [3.05, 3.63) is 29.8 Å². The first kappa shape index (κ1) is 22.6. The Balaban J connectivity index is 1.64. The summed E-state index contributed by atoms with van der Waals surface area (Å²) in [6.45, 7) is 7.76. The molecule has 1 aromatic carbocycles. The number of hydrogen-bond acceptors (Lipinski definition) is 5. The van der Waals surface area contributed by atoms with E-state index in [1.807, 2.05) is 30.9 Å². The van der Waals surface area contributed by atoms with Gasteiger partial charge in [-0.15, -0.1) is 0 Å². The van der Waals surface area contributed by atoms with Crippen LogP contribution in [-0.2, 0) is 16.1 Å². The Bertz CT molecular complexity index is 720. The van der Waals surface area contributed by atoms with Gasteiger partial charge < -0.3 is 15.0 Å². The number of carbonyl (C=O) groups is 2. The Kier molecular flexibility index (Phi) is 7.72. The number of ether oxygens (including phenoxy) is 1. The molecule has 0 spiro atoms. The van der Waals surface area contributed by atoms with Crippen molar-refractivity contribution in [1.29, 1.82) is 0 Å².